The molecule has 0 atom stereocenters. The predicted molar refractivity (Wildman–Crippen MR) is 132 cm³/mol. The van der Waals surface area contributed by atoms with Gasteiger partial charge in [0.05, 0.1) is 6.54 Å². The summed E-state index contributed by atoms with van der Waals surface area (Å²) in [7, 11) is 3.73. The summed E-state index contributed by atoms with van der Waals surface area (Å²) in [4.78, 5) is 22.2. The Labute approximate surface area is 195 Å². The van der Waals surface area contributed by atoms with Crippen LogP contribution in [0, 0.1) is 0 Å². The molecule has 1 heterocycles. The Morgan fingerprint density at radius 3 is 2.52 bits per heavy atom. The molecule has 0 radical (unpaired) electrons. The van der Waals surface area contributed by atoms with Gasteiger partial charge in [-0.3, -0.25) is 9.79 Å². The van der Waals surface area contributed by atoms with Gasteiger partial charge in [0, 0.05) is 38.6 Å². The lowest BCUT2D eigenvalue weighted by molar-refractivity contribution is -0.130. The summed E-state index contributed by atoms with van der Waals surface area (Å²) in [5, 5.41) is 3.21. The Hall–Kier alpha value is -1.74. The fourth-order valence-electron chi connectivity index (χ4n) is 3.44. The number of carbonyl (C=O) groups is 1. The van der Waals surface area contributed by atoms with E-state index in [4.69, 9.17) is 0 Å². The van der Waals surface area contributed by atoms with Crippen LogP contribution in [-0.2, 0) is 24.3 Å². The van der Waals surface area contributed by atoms with E-state index in [-0.39, 0.29) is 36.4 Å². The van der Waals surface area contributed by atoms with Crippen LogP contribution in [0.3, 0.4) is 0 Å². The minimum atomic E-state index is 0. The van der Waals surface area contributed by atoms with Crippen molar-refractivity contribution in [3.63, 3.8) is 0 Å². The molecule has 0 saturated carbocycles. The number of amides is 1. The molecule has 1 N–H and O–H groups in total. The number of guanidine groups is 1. The first kappa shape index (κ1) is 23.5. The van der Waals surface area contributed by atoms with Crippen molar-refractivity contribution < 1.29 is 4.79 Å². The van der Waals surface area contributed by atoms with E-state index in [2.05, 4.69) is 59.0 Å². The fraction of sp³-hybridized carbons (Fsp3) is 0.364. The van der Waals surface area contributed by atoms with Crippen molar-refractivity contribution in [2.24, 2.45) is 4.99 Å². The molecule has 0 bridgehead atoms. The van der Waals surface area contributed by atoms with Gasteiger partial charge in [-0.05, 0) is 41.5 Å². The first-order chi connectivity index (χ1) is 13.6. The molecule has 0 unspecified atom stereocenters. The van der Waals surface area contributed by atoms with Crippen LogP contribution in [0.15, 0.2) is 58.4 Å². The number of carbonyl (C=O) groups excluding carboxylic acids is 1. The summed E-state index contributed by atoms with van der Waals surface area (Å²) in [6.07, 6.45) is 2.99. The third-order valence-corrected chi connectivity index (χ3v) is 5.78. The maximum Gasteiger partial charge on any atom is 0.242 e. The van der Waals surface area contributed by atoms with Gasteiger partial charge in [-0.2, -0.15) is 0 Å². The molecule has 0 spiro atoms. The van der Waals surface area contributed by atoms with E-state index < -0.39 is 0 Å². The second-order valence-corrected chi connectivity index (χ2v) is 7.82. The Bertz CT molecular complexity index is 841. The molecule has 2 aromatic rings. The largest absolute Gasteiger partial charge is 0.347 e. The zero-order valence-electron chi connectivity index (χ0n) is 17.2. The van der Waals surface area contributed by atoms with Gasteiger partial charge < -0.3 is 15.1 Å². The second-order valence-electron chi connectivity index (χ2n) is 6.94. The summed E-state index contributed by atoms with van der Waals surface area (Å²) in [6.45, 7) is 2.45. The standard InChI is InChI=1S/C22H28N4OS.HI/c1-23-22(25(2)15-17-8-10-20(28-3)11-9-17)24-14-21(27)26-13-12-18-6-4-5-7-19(18)16-26;/h4-11H,12-16H2,1-3H3,(H,23,24);1H. The van der Waals surface area contributed by atoms with Crippen LogP contribution in [0.4, 0.5) is 0 Å². The quantitative estimate of drug-likeness (QED) is 0.281. The molecule has 7 heteroatoms. The lowest BCUT2D eigenvalue weighted by Gasteiger charge is -2.29. The number of nitrogens with zero attached hydrogens (tertiary/aromatic N) is 3. The van der Waals surface area contributed by atoms with Crippen molar-refractivity contribution in [3.8, 4) is 0 Å². The summed E-state index contributed by atoms with van der Waals surface area (Å²) in [5.74, 6) is 0.827. The van der Waals surface area contributed by atoms with E-state index in [9.17, 15) is 4.79 Å². The van der Waals surface area contributed by atoms with Gasteiger partial charge in [-0.15, -0.1) is 35.7 Å². The molecule has 1 aliphatic heterocycles. The van der Waals surface area contributed by atoms with Crippen LogP contribution in [-0.4, -0.2) is 55.1 Å². The number of thioether (sulfide) groups is 1. The normalized spacial score (nSPS) is 13.3. The van der Waals surface area contributed by atoms with E-state index in [0.717, 1.165) is 25.5 Å². The highest BCUT2D eigenvalue weighted by molar-refractivity contribution is 14.0. The Balaban J connectivity index is 0.00000300. The van der Waals surface area contributed by atoms with E-state index >= 15 is 0 Å². The van der Waals surface area contributed by atoms with Crippen LogP contribution < -0.4 is 5.32 Å². The number of rotatable bonds is 5. The molecule has 0 saturated heterocycles. The highest BCUT2D eigenvalue weighted by atomic mass is 127. The van der Waals surface area contributed by atoms with E-state index in [1.807, 2.05) is 22.9 Å². The highest BCUT2D eigenvalue weighted by Crippen LogP contribution is 2.18. The first-order valence-electron chi connectivity index (χ1n) is 9.50. The molecule has 5 nitrogen and oxygen atoms in total. The van der Waals surface area contributed by atoms with Gasteiger partial charge in [0.15, 0.2) is 5.96 Å². The van der Waals surface area contributed by atoms with E-state index in [0.29, 0.717) is 6.54 Å². The molecule has 1 aliphatic rings. The second kappa shape index (κ2) is 11.4. The summed E-state index contributed by atoms with van der Waals surface area (Å²) in [6, 6.07) is 16.9. The fourth-order valence-corrected chi connectivity index (χ4v) is 3.85. The monoisotopic (exact) mass is 524 g/mol. The number of aliphatic imine (C=N–C) groups is 1. The lowest BCUT2D eigenvalue weighted by Crippen LogP contribution is -2.46. The number of fused-ring (bicyclic) bond motifs is 1. The average Bonchev–Trinajstić information content (AvgIpc) is 2.74. The van der Waals surface area contributed by atoms with Gasteiger partial charge in [-0.1, -0.05) is 36.4 Å². The molecule has 0 aromatic heterocycles. The Morgan fingerprint density at radius 2 is 1.86 bits per heavy atom. The third-order valence-electron chi connectivity index (χ3n) is 5.03. The number of nitrogens with one attached hydrogen (secondary N) is 1. The van der Waals surface area contributed by atoms with Crippen LogP contribution >= 0.6 is 35.7 Å². The van der Waals surface area contributed by atoms with Gasteiger partial charge in [-0.25, -0.2) is 0 Å². The number of halogens is 1. The molecular formula is C22H29IN4OS. The van der Waals surface area contributed by atoms with Crippen molar-refractivity contribution in [2.75, 3.05) is 33.4 Å². The zero-order valence-corrected chi connectivity index (χ0v) is 20.4. The highest BCUT2D eigenvalue weighted by Gasteiger charge is 2.20. The van der Waals surface area contributed by atoms with Crippen molar-refractivity contribution in [1.82, 2.24) is 15.1 Å². The van der Waals surface area contributed by atoms with Crippen molar-refractivity contribution >= 4 is 47.6 Å². The van der Waals surface area contributed by atoms with Crippen LogP contribution in [0.1, 0.15) is 16.7 Å². The molecule has 156 valence electrons. The average molecular weight is 524 g/mol. The van der Waals surface area contributed by atoms with Gasteiger partial charge >= 0.3 is 0 Å². The Morgan fingerprint density at radius 1 is 1.17 bits per heavy atom. The molecule has 0 aliphatic carbocycles. The molecule has 3 rings (SSSR count). The number of hydrogen-bond acceptors (Lipinski definition) is 3. The topological polar surface area (TPSA) is 47.9 Å². The smallest absolute Gasteiger partial charge is 0.242 e. The maximum atomic E-state index is 12.7. The molecule has 2 aromatic carbocycles. The number of benzene rings is 2. The van der Waals surface area contributed by atoms with Gasteiger partial charge in [0.25, 0.3) is 0 Å². The molecule has 29 heavy (non-hydrogen) atoms. The molecule has 0 fully saturated rings. The van der Waals surface area contributed by atoms with Crippen molar-refractivity contribution in [2.45, 2.75) is 24.4 Å². The minimum Gasteiger partial charge on any atom is -0.347 e. The van der Waals surface area contributed by atoms with Gasteiger partial charge in [0.1, 0.15) is 0 Å². The van der Waals surface area contributed by atoms with E-state index in [1.54, 1.807) is 18.8 Å². The molecule has 1 amide bonds. The summed E-state index contributed by atoms with van der Waals surface area (Å²) in [5.41, 5.74) is 3.81. The summed E-state index contributed by atoms with van der Waals surface area (Å²) < 4.78 is 0. The van der Waals surface area contributed by atoms with Crippen molar-refractivity contribution in [1.29, 1.82) is 0 Å². The third kappa shape index (κ3) is 6.37. The lowest BCUT2D eigenvalue weighted by atomic mass is 10.00. The van der Waals surface area contributed by atoms with Gasteiger partial charge in [0.2, 0.25) is 5.91 Å². The van der Waals surface area contributed by atoms with Crippen LogP contribution in [0.25, 0.3) is 0 Å². The Kier molecular flexibility index (Phi) is 9.29. The zero-order chi connectivity index (χ0) is 19.9. The molecular weight excluding hydrogens is 495 g/mol. The first-order valence-corrected chi connectivity index (χ1v) is 10.7. The van der Waals surface area contributed by atoms with Crippen molar-refractivity contribution in [3.05, 3.63) is 65.2 Å². The summed E-state index contributed by atoms with van der Waals surface area (Å²) >= 11 is 1.74. The predicted octanol–water partition coefficient (Wildman–Crippen LogP) is 3.62. The minimum absolute atomic E-state index is 0. The van der Waals surface area contributed by atoms with E-state index in [1.165, 1.54) is 21.6 Å². The van der Waals surface area contributed by atoms with Crippen LogP contribution in [0.5, 0.6) is 0 Å². The number of hydrogen-bond donors (Lipinski definition) is 1. The SMILES string of the molecule is CN=C(NCC(=O)N1CCc2ccccc2C1)N(C)Cc1ccc(SC)cc1.I. The maximum absolute atomic E-state index is 12.7. The van der Waals surface area contributed by atoms with Crippen LogP contribution in [0.2, 0.25) is 0 Å².